The molecule has 1 aliphatic rings. The van der Waals surface area contributed by atoms with Gasteiger partial charge in [0.2, 0.25) is 0 Å². The molecule has 1 saturated heterocycles. The lowest BCUT2D eigenvalue weighted by atomic mass is 9.89. The van der Waals surface area contributed by atoms with Crippen LogP contribution in [-0.2, 0) is 35.4 Å². The number of furan rings is 1. The van der Waals surface area contributed by atoms with Gasteiger partial charge in [-0.2, -0.15) is 0 Å². The average molecular weight is 518 g/mol. The van der Waals surface area contributed by atoms with Crippen LogP contribution >= 0.6 is 0 Å². The molecule has 3 N–H and O–H groups in total. The SMILES string of the molecule is NCCc1cccc(-c2cc(CC3CCOCC3)c3occ(COc4ccccc4CC(=O)O)c3c2)c1F. The van der Waals surface area contributed by atoms with Crippen molar-refractivity contribution in [2.75, 3.05) is 19.8 Å². The summed E-state index contributed by atoms with van der Waals surface area (Å²) < 4.78 is 33.2. The molecular formula is C31H32FNO5. The van der Waals surface area contributed by atoms with E-state index >= 15 is 4.39 Å². The van der Waals surface area contributed by atoms with Crippen LogP contribution in [0.5, 0.6) is 5.75 Å². The number of nitrogens with two attached hydrogens (primary N) is 1. The quantitative estimate of drug-likeness (QED) is 0.271. The molecule has 0 radical (unpaired) electrons. The summed E-state index contributed by atoms with van der Waals surface area (Å²) in [5.74, 6) is -0.194. The lowest BCUT2D eigenvalue weighted by Gasteiger charge is -2.22. The summed E-state index contributed by atoms with van der Waals surface area (Å²) in [5.41, 5.74) is 10.9. The summed E-state index contributed by atoms with van der Waals surface area (Å²) in [5, 5.41) is 10.1. The van der Waals surface area contributed by atoms with E-state index in [4.69, 9.17) is 19.6 Å². The molecule has 0 spiro atoms. The van der Waals surface area contributed by atoms with E-state index in [2.05, 4.69) is 0 Å². The second-order valence-corrected chi connectivity index (χ2v) is 9.82. The Balaban J connectivity index is 1.53. The maximum Gasteiger partial charge on any atom is 0.307 e. The Kier molecular flexibility index (Phi) is 8.05. The third-order valence-corrected chi connectivity index (χ3v) is 7.18. The van der Waals surface area contributed by atoms with E-state index in [1.807, 2.05) is 24.3 Å². The predicted octanol–water partition coefficient (Wildman–Crippen LogP) is 5.92. The van der Waals surface area contributed by atoms with Crippen molar-refractivity contribution in [3.05, 3.63) is 88.9 Å². The van der Waals surface area contributed by atoms with Crippen molar-refractivity contribution < 1.29 is 28.2 Å². The minimum Gasteiger partial charge on any atom is -0.488 e. The lowest BCUT2D eigenvalue weighted by molar-refractivity contribution is -0.136. The van der Waals surface area contributed by atoms with E-state index < -0.39 is 5.97 Å². The second kappa shape index (κ2) is 11.8. The highest BCUT2D eigenvalue weighted by Crippen LogP contribution is 2.36. The number of aliphatic carboxylic acids is 1. The third kappa shape index (κ3) is 5.74. The molecule has 38 heavy (non-hydrogen) atoms. The number of carboxylic acids is 1. The fourth-order valence-corrected chi connectivity index (χ4v) is 5.20. The molecule has 0 atom stereocenters. The smallest absolute Gasteiger partial charge is 0.307 e. The number of benzene rings is 3. The zero-order chi connectivity index (χ0) is 26.5. The lowest BCUT2D eigenvalue weighted by Crippen LogP contribution is -2.17. The van der Waals surface area contributed by atoms with Crippen LogP contribution in [0.15, 0.2) is 65.3 Å². The predicted molar refractivity (Wildman–Crippen MR) is 144 cm³/mol. The Bertz CT molecular complexity index is 1420. The minimum atomic E-state index is -0.920. The summed E-state index contributed by atoms with van der Waals surface area (Å²) in [6.07, 6.45) is 4.79. The molecule has 1 fully saturated rings. The number of hydrogen-bond donors (Lipinski definition) is 2. The van der Waals surface area contributed by atoms with Crippen molar-refractivity contribution in [2.24, 2.45) is 11.7 Å². The van der Waals surface area contributed by atoms with Crippen LogP contribution in [0, 0.1) is 11.7 Å². The summed E-state index contributed by atoms with van der Waals surface area (Å²) >= 11 is 0. The number of halogens is 1. The number of rotatable bonds is 10. The molecule has 0 saturated carbocycles. The van der Waals surface area contributed by atoms with Gasteiger partial charge >= 0.3 is 5.97 Å². The molecule has 1 aliphatic heterocycles. The zero-order valence-corrected chi connectivity index (χ0v) is 21.3. The molecule has 0 unspecified atom stereocenters. The van der Waals surface area contributed by atoms with Gasteiger partial charge in [0.1, 0.15) is 23.8 Å². The van der Waals surface area contributed by atoms with Crippen molar-refractivity contribution in [1.82, 2.24) is 0 Å². The van der Waals surface area contributed by atoms with Gasteiger partial charge < -0.3 is 24.7 Å². The summed E-state index contributed by atoms with van der Waals surface area (Å²) in [6, 6.07) is 16.6. The Morgan fingerprint density at radius 3 is 2.61 bits per heavy atom. The van der Waals surface area contributed by atoms with E-state index in [9.17, 15) is 9.90 Å². The molecule has 3 aromatic carbocycles. The van der Waals surface area contributed by atoms with Crippen molar-refractivity contribution >= 4 is 16.9 Å². The van der Waals surface area contributed by atoms with Crippen molar-refractivity contribution in [3.8, 4) is 16.9 Å². The van der Waals surface area contributed by atoms with Crippen molar-refractivity contribution in [3.63, 3.8) is 0 Å². The topological polar surface area (TPSA) is 94.9 Å². The van der Waals surface area contributed by atoms with Gasteiger partial charge in [0.25, 0.3) is 0 Å². The van der Waals surface area contributed by atoms with Crippen LogP contribution in [-0.4, -0.2) is 30.8 Å². The van der Waals surface area contributed by atoms with E-state index in [1.165, 1.54) is 0 Å². The monoisotopic (exact) mass is 517 g/mol. The molecule has 7 heteroatoms. The number of carboxylic acid groups (broad SMARTS) is 1. The Morgan fingerprint density at radius 2 is 1.82 bits per heavy atom. The van der Waals surface area contributed by atoms with Crippen molar-refractivity contribution in [1.29, 1.82) is 0 Å². The van der Waals surface area contributed by atoms with E-state index in [0.717, 1.165) is 60.1 Å². The maximum absolute atomic E-state index is 15.5. The minimum absolute atomic E-state index is 0.125. The highest BCUT2D eigenvalue weighted by Gasteiger charge is 2.21. The molecule has 0 bridgehead atoms. The molecule has 1 aromatic heterocycles. The van der Waals surface area contributed by atoms with Gasteiger partial charge in [-0.1, -0.05) is 36.4 Å². The summed E-state index contributed by atoms with van der Waals surface area (Å²) in [6.45, 7) is 2.06. The fraction of sp³-hybridized carbons (Fsp3) is 0.323. The molecule has 5 rings (SSSR count). The van der Waals surface area contributed by atoms with Crippen LogP contribution in [0.25, 0.3) is 22.1 Å². The number of carbonyl (C=O) groups is 1. The molecular weight excluding hydrogens is 485 g/mol. The number of fused-ring (bicyclic) bond motifs is 1. The third-order valence-electron chi connectivity index (χ3n) is 7.18. The highest BCUT2D eigenvalue weighted by atomic mass is 19.1. The molecule has 0 amide bonds. The van der Waals surface area contributed by atoms with Crippen LogP contribution < -0.4 is 10.5 Å². The van der Waals surface area contributed by atoms with Crippen LogP contribution in [0.3, 0.4) is 0 Å². The largest absolute Gasteiger partial charge is 0.488 e. The normalized spacial score (nSPS) is 14.2. The van der Waals surface area contributed by atoms with E-state index in [-0.39, 0.29) is 18.8 Å². The van der Waals surface area contributed by atoms with Gasteiger partial charge in [-0.25, -0.2) is 4.39 Å². The summed E-state index contributed by atoms with van der Waals surface area (Å²) in [4.78, 5) is 11.3. The first-order valence-corrected chi connectivity index (χ1v) is 13.0. The Morgan fingerprint density at radius 1 is 1.03 bits per heavy atom. The van der Waals surface area contributed by atoms with Crippen LogP contribution in [0.2, 0.25) is 0 Å². The second-order valence-electron chi connectivity index (χ2n) is 9.82. The first-order valence-electron chi connectivity index (χ1n) is 13.0. The average Bonchev–Trinajstić information content (AvgIpc) is 3.33. The van der Waals surface area contributed by atoms with Gasteiger partial charge in [-0.15, -0.1) is 0 Å². The molecule has 198 valence electrons. The van der Waals surface area contributed by atoms with Crippen LogP contribution in [0.1, 0.15) is 35.1 Å². The Hall–Kier alpha value is -3.68. The molecule has 2 heterocycles. The van der Waals surface area contributed by atoms with E-state index in [0.29, 0.717) is 41.3 Å². The van der Waals surface area contributed by atoms with Crippen LogP contribution in [0.4, 0.5) is 4.39 Å². The molecule has 0 aliphatic carbocycles. The van der Waals surface area contributed by atoms with Gasteiger partial charge in [0.15, 0.2) is 0 Å². The number of para-hydroxylation sites is 1. The molecule has 4 aromatic rings. The van der Waals surface area contributed by atoms with E-state index in [1.54, 1.807) is 36.6 Å². The standard InChI is InChI=1S/C31H32FNO5/c32-30-21(8-11-33)5-3-6-26(30)23-15-24(14-20-9-12-36-13-10-20)31-27(16-23)25(19-38-31)18-37-28-7-2-1-4-22(28)17-29(34)35/h1-7,15-16,19-20H,8-14,17-18,33H2,(H,34,35). The van der Waals surface area contributed by atoms with Gasteiger partial charge in [0.05, 0.1) is 12.7 Å². The first kappa shape index (κ1) is 25.9. The zero-order valence-electron chi connectivity index (χ0n) is 21.3. The van der Waals surface area contributed by atoms with Gasteiger partial charge in [-0.05, 0) is 73.0 Å². The number of ether oxygens (including phenoxy) is 2. The summed E-state index contributed by atoms with van der Waals surface area (Å²) in [7, 11) is 0. The number of hydrogen-bond acceptors (Lipinski definition) is 5. The Labute approximate surface area is 221 Å². The van der Waals surface area contributed by atoms with Gasteiger partial charge in [0, 0.05) is 35.3 Å². The molecule has 6 nitrogen and oxygen atoms in total. The fourth-order valence-electron chi connectivity index (χ4n) is 5.20. The van der Waals surface area contributed by atoms with Gasteiger partial charge in [-0.3, -0.25) is 4.79 Å². The maximum atomic E-state index is 15.5. The highest BCUT2D eigenvalue weighted by molar-refractivity contribution is 5.89. The van der Waals surface area contributed by atoms with Crippen molar-refractivity contribution in [2.45, 2.75) is 38.7 Å². The first-order chi connectivity index (χ1) is 18.5.